The van der Waals surface area contributed by atoms with Gasteiger partial charge in [0.05, 0.1) is 16.3 Å². The van der Waals surface area contributed by atoms with Crippen LogP contribution in [0.15, 0.2) is 46.7 Å². The highest BCUT2D eigenvalue weighted by Gasteiger charge is 2.23. The Bertz CT molecular complexity index is 935. The van der Waals surface area contributed by atoms with Crippen LogP contribution in [0.2, 0.25) is 0 Å². The number of nitrogens with one attached hydrogen (secondary N) is 1. The van der Waals surface area contributed by atoms with E-state index < -0.39 is 10.0 Å². The Morgan fingerprint density at radius 3 is 2.34 bits per heavy atom. The van der Waals surface area contributed by atoms with E-state index in [4.69, 9.17) is 5.14 Å². The molecule has 0 atom stereocenters. The predicted octanol–water partition coefficient (Wildman–Crippen LogP) is 0.512. The van der Waals surface area contributed by atoms with Crippen LogP contribution in [-0.2, 0) is 21.2 Å². The van der Waals surface area contributed by atoms with Gasteiger partial charge in [-0.25, -0.2) is 13.6 Å². The molecule has 29 heavy (non-hydrogen) atoms. The predicted molar refractivity (Wildman–Crippen MR) is 111 cm³/mol. The molecule has 156 valence electrons. The molecular formula is C19H24N4O4S2. The average molecular weight is 437 g/mol. The number of carbonyl (C=O) groups excluding carboxylic acids is 2. The summed E-state index contributed by atoms with van der Waals surface area (Å²) in [7, 11) is -3.69. The number of rotatable bonds is 7. The van der Waals surface area contributed by atoms with Crippen molar-refractivity contribution in [3.63, 3.8) is 0 Å². The highest BCUT2D eigenvalue weighted by Crippen LogP contribution is 2.14. The topological polar surface area (TPSA) is 113 Å². The summed E-state index contributed by atoms with van der Waals surface area (Å²) >= 11 is 1.44. The van der Waals surface area contributed by atoms with Crippen molar-refractivity contribution in [1.29, 1.82) is 0 Å². The number of hydrogen-bond acceptors (Lipinski definition) is 6. The molecule has 8 nitrogen and oxygen atoms in total. The molecule has 2 aromatic rings. The quantitative estimate of drug-likeness (QED) is 0.657. The normalized spacial score (nSPS) is 15.3. The van der Waals surface area contributed by atoms with Gasteiger partial charge >= 0.3 is 0 Å². The lowest BCUT2D eigenvalue weighted by molar-refractivity contribution is -0.122. The highest BCUT2D eigenvalue weighted by molar-refractivity contribution is 7.89. The SMILES string of the molecule is NS(=O)(=O)c1ccc(CCNC(=O)CN2CCN(C(=O)c3cccs3)CC2)cc1. The third-order valence-electron chi connectivity index (χ3n) is 4.75. The fourth-order valence-electron chi connectivity index (χ4n) is 3.12. The van der Waals surface area contributed by atoms with Gasteiger partial charge in [-0.15, -0.1) is 11.3 Å². The molecule has 0 unspecified atom stereocenters. The maximum Gasteiger partial charge on any atom is 0.264 e. The third kappa shape index (κ3) is 6.10. The number of thiophene rings is 1. The molecule has 0 radical (unpaired) electrons. The third-order valence-corrected chi connectivity index (χ3v) is 6.53. The largest absolute Gasteiger partial charge is 0.355 e. The molecule has 1 fully saturated rings. The molecule has 3 N–H and O–H groups in total. The number of amides is 2. The number of benzene rings is 1. The van der Waals surface area contributed by atoms with Gasteiger partial charge in [0.1, 0.15) is 0 Å². The van der Waals surface area contributed by atoms with E-state index in [9.17, 15) is 18.0 Å². The minimum Gasteiger partial charge on any atom is -0.355 e. The first kappa shape index (κ1) is 21.4. The summed E-state index contributed by atoms with van der Waals surface area (Å²) in [6.45, 7) is 3.32. The number of sulfonamides is 1. The maximum absolute atomic E-state index is 12.3. The first-order chi connectivity index (χ1) is 13.8. The Kier molecular flexibility index (Phi) is 7.01. The molecule has 1 aliphatic heterocycles. The molecule has 1 aliphatic rings. The van der Waals surface area contributed by atoms with Gasteiger partial charge in [-0.1, -0.05) is 18.2 Å². The van der Waals surface area contributed by atoms with Crippen LogP contribution in [0.25, 0.3) is 0 Å². The summed E-state index contributed by atoms with van der Waals surface area (Å²) in [5.41, 5.74) is 0.915. The second-order valence-electron chi connectivity index (χ2n) is 6.83. The molecule has 1 saturated heterocycles. The second-order valence-corrected chi connectivity index (χ2v) is 9.34. The number of nitrogens with zero attached hydrogens (tertiary/aromatic N) is 2. The number of carbonyl (C=O) groups is 2. The fourth-order valence-corrected chi connectivity index (χ4v) is 4.32. The van der Waals surface area contributed by atoms with Crippen molar-refractivity contribution in [3.8, 4) is 0 Å². The fraction of sp³-hybridized carbons (Fsp3) is 0.368. The van der Waals surface area contributed by atoms with Crippen LogP contribution in [0, 0.1) is 0 Å². The van der Waals surface area contributed by atoms with Crippen molar-refractivity contribution in [3.05, 3.63) is 52.2 Å². The zero-order valence-electron chi connectivity index (χ0n) is 15.9. The monoisotopic (exact) mass is 436 g/mol. The van der Waals surface area contributed by atoms with E-state index in [0.717, 1.165) is 10.4 Å². The van der Waals surface area contributed by atoms with Crippen LogP contribution in [0.1, 0.15) is 15.2 Å². The summed E-state index contributed by atoms with van der Waals surface area (Å²) in [4.78, 5) is 29.2. The molecule has 0 bridgehead atoms. The Labute approximate surface area is 174 Å². The summed E-state index contributed by atoms with van der Waals surface area (Å²) in [6.07, 6.45) is 0.597. The smallest absolute Gasteiger partial charge is 0.264 e. The van der Waals surface area contributed by atoms with Crippen LogP contribution in [0.4, 0.5) is 0 Å². The number of hydrogen-bond donors (Lipinski definition) is 2. The lowest BCUT2D eigenvalue weighted by Crippen LogP contribution is -2.51. The maximum atomic E-state index is 12.3. The van der Waals surface area contributed by atoms with Gasteiger partial charge in [0, 0.05) is 32.7 Å². The Morgan fingerprint density at radius 2 is 1.76 bits per heavy atom. The van der Waals surface area contributed by atoms with E-state index in [-0.39, 0.29) is 16.7 Å². The molecule has 1 aromatic carbocycles. The van der Waals surface area contributed by atoms with Gasteiger partial charge in [0.15, 0.2) is 0 Å². The van der Waals surface area contributed by atoms with Gasteiger partial charge < -0.3 is 10.2 Å². The van der Waals surface area contributed by atoms with Gasteiger partial charge in [0.2, 0.25) is 15.9 Å². The standard InChI is InChI=1S/C19H24N4O4S2/c20-29(26,27)16-5-3-15(4-6-16)7-8-21-18(24)14-22-9-11-23(12-10-22)19(25)17-2-1-13-28-17/h1-6,13H,7-12,14H2,(H,21,24)(H2,20,26,27). The van der Waals surface area contributed by atoms with Crippen LogP contribution in [0.5, 0.6) is 0 Å². The molecule has 0 aliphatic carbocycles. The van der Waals surface area contributed by atoms with Crippen molar-refractivity contribution >= 4 is 33.2 Å². The van der Waals surface area contributed by atoms with Gasteiger partial charge in [0.25, 0.3) is 5.91 Å². The van der Waals surface area contributed by atoms with Crippen molar-refractivity contribution in [2.75, 3.05) is 39.3 Å². The van der Waals surface area contributed by atoms with Gasteiger partial charge in [-0.2, -0.15) is 0 Å². The van der Waals surface area contributed by atoms with Crippen LogP contribution in [0.3, 0.4) is 0 Å². The van der Waals surface area contributed by atoms with Crippen molar-refractivity contribution < 1.29 is 18.0 Å². The van der Waals surface area contributed by atoms with Crippen molar-refractivity contribution in [2.45, 2.75) is 11.3 Å². The van der Waals surface area contributed by atoms with E-state index in [1.54, 1.807) is 12.1 Å². The van der Waals surface area contributed by atoms with Crippen LogP contribution in [-0.4, -0.2) is 69.3 Å². The number of primary sulfonamides is 1. The first-order valence-corrected chi connectivity index (χ1v) is 11.7. The van der Waals surface area contributed by atoms with E-state index >= 15 is 0 Å². The summed E-state index contributed by atoms with van der Waals surface area (Å²) < 4.78 is 22.5. The zero-order chi connectivity index (χ0) is 20.9. The second kappa shape index (κ2) is 9.49. The molecule has 10 heteroatoms. The summed E-state index contributed by atoms with van der Waals surface area (Å²) in [6, 6.07) is 10.0. The minimum atomic E-state index is -3.69. The molecule has 0 saturated carbocycles. The Balaban J connectivity index is 1.37. The summed E-state index contributed by atoms with van der Waals surface area (Å²) in [5, 5.41) is 9.84. The average Bonchev–Trinajstić information content (AvgIpc) is 3.22. The van der Waals surface area contributed by atoms with Gasteiger partial charge in [-0.05, 0) is 35.6 Å². The lowest BCUT2D eigenvalue weighted by atomic mass is 10.1. The van der Waals surface area contributed by atoms with E-state index in [1.807, 2.05) is 27.3 Å². The molecule has 3 rings (SSSR count). The molecule has 0 spiro atoms. The van der Waals surface area contributed by atoms with E-state index in [0.29, 0.717) is 45.7 Å². The first-order valence-electron chi connectivity index (χ1n) is 9.26. The number of nitrogens with two attached hydrogens (primary N) is 1. The van der Waals surface area contributed by atoms with E-state index in [1.165, 1.54) is 23.5 Å². The van der Waals surface area contributed by atoms with Crippen molar-refractivity contribution in [2.24, 2.45) is 5.14 Å². The highest BCUT2D eigenvalue weighted by atomic mass is 32.2. The number of piperazine rings is 1. The van der Waals surface area contributed by atoms with Crippen LogP contribution < -0.4 is 10.5 Å². The Morgan fingerprint density at radius 1 is 1.07 bits per heavy atom. The zero-order valence-corrected chi connectivity index (χ0v) is 17.5. The summed E-state index contributed by atoms with van der Waals surface area (Å²) in [5.74, 6) is -0.0123. The van der Waals surface area contributed by atoms with Gasteiger partial charge in [-0.3, -0.25) is 14.5 Å². The molecule has 2 heterocycles. The van der Waals surface area contributed by atoms with Crippen LogP contribution >= 0.6 is 11.3 Å². The molecule has 2 amide bonds. The Hall–Kier alpha value is -2.27. The molecule has 1 aromatic heterocycles. The minimum absolute atomic E-state index is 0.0533. The lowest BCUT2D eigenvalue weighted by Gasteiger charge is -2.34. The van der Waals surface area contributed by atoms with E-state index in [2.05, 4.69) is 5.32 Å². The molecular weight excluding hydrogens is 412 g/mol. The van der Waals surface area contributed by atoms with Crippen molar-refractivity contribution in [1.82, 2.24) is 15.1 Å².